The maximum absolute atomic E-state index is 9.30. The van der Waals surface area contributed by atoms with Gasteiger partial charge in [0.1, 0.15) is 0 Å². The van der Waals surface area contributed by atoms with E-state index in [-0.39, 0.29) is 25.5 Å². The lowest BCUT2D eigenvalue weighted by Crippen LogP contribution is -2.01. The highest BCUT2D eigenvalue weighted by atomic mass is 16.3. The second-order valence-electron chi connectivity index (χ2n) is 1.41. The highest BCUT2D eigenvalue weighted by Gasteiger charge is 1.46. The highest BCUT2D eigenvalue weighted by Crippen LogP contribution is 1.57. The quantitative estimate of drug-likeness (QED) is 0.593. The summed E-state index contributed by atoms with van der Waals surface area (Å²) in [6.45, 7) is 3.88. The summed E-state index contributed by atoms with van der Waals surface area (Å²) in [5.41, 5.74) is 0. The summed E-state index contributed by atoms with van der Waals surface area (Å²) in [6.07, 6.45) is 1.53. The van der Waals surface area contributed by atoms with Crippen molar-refractivity contribution < 1.29 is 10.2 Å². The Hall–Kier alpha value is -0.160. The van der Waals surface area contributed by atoms with Gasteiger partial charge in [0.05, 0.1) is 0 Å². The fraction of sp³-hybridized carbons (Fsp3) is 1.00. The van der Waals surface area contributed by atoms with Crippen LogP contribution in [0, 0.1) is 0 Å². The molecule has 0 aliphatic heterocycles. The average molecular weight is 154 g/mol. The van der Waals surface area contributed by atoms with Crippen molar-refractivity contribution in [3.8, 4) is 0 Å². The summed E-state index contributed by atoms with van der Waals surface area (Å²) in [4.78, 5) is 0. The van der Waals surface area contributed by atoms with Crippen molar-refractivity contribution in [2.45, 2.75) is 26.7 Å². The first-order chi connectivity index (χ1) is 3.83. The predicted molar refractivity (Wildman–Crippen MR) is 42.3 cm³/mol. The summed E-state index contributed by atoms with van der Waals surface area (Å²) < 4.78 is 0. The van der Waals surface area contributed by atoms with Gasteiger partial charge in [0, 0.05) is 0 Å². The van der Waals surface area contributed by atoms with E-state index in [4.69, 9.17) is 0 Å². The van der Waals surface area contributed by atoms with Crippen LogP contribution in [0.5, 0.6) is 0 Å². The van der Waals surface area contributed by atoms with Gasteiger partial charge in [-0.25, -0.2) is 0 Å². The van der Waals surface area contributed by atoms with Gasteiger partial charge in [-0.05, 0) is 0 Å². The molecule has 0 bridgehead atoms. The van der Waals surface area contributed by atoms with Gasteiger partial charge in [0.25, 0.3) is 0 Å². The molecule has 0 aliphatic rings. The molecule has 0 aromatic heterocycles. The van der Waals surface area contributed by atoms with Crippen molar-refractivity contribution in [1.29, 1.82) is 0 Å². The van der Waals surface area contributed by atoms with Crippen molar-refractivity contribution >= 4 is 0 Å². The second kappa shape index (κ2) is 36.8. The maximum atomic E-state index is 9.30. The van der Waals surface area contributed by atoms with Gasteiger partial charge in [-0.2, -0.15) is 0 Å². The zero-order valence-corrected chi connectivity index (χ0v) is 7.64. The fourth-order valence-electron chi connectivity index (χ4n) is 0. The molecule has 0 fully saturated rings. The minimum Gasteiger partial charge on any atom is -0.854 e. The summed E-state index contributed by atoms with van der Waals surface area (Å²) in [7, 11) is 0. The Morgan fingerprint density at radius 2 is 0.900 bits per heavy atom. The van der Waals surface area contributed by atoms with Crippen LogP contribution in [0.15, 0.2) is 0 Å². The van der Waals surface area contributed by atoms with Crippen LogP contribution in [0.4, 0.5) is 0 Å². The standard InChI is InChI=1S/2C3H7O.2H3N/c2*1-2-3-4;;/h2*2-3H2,1H3;2*1H3/q2*-1;;/p+2. The molecule has 68 valence electrons. The molecular formula is C6H22N2O2. The smallest absolute Gasteiger partial charge is 0.0667 e. The molecular weight excluding hydrogens is 132 g/mol. The highest BCUT2D eigenvalue weighted by molar-refractivity contribution is 4.08. The maximum Gasteiger partial charge on any atom is -0.0667 e. The third kappa shape index (κ3) is 108. The molecule has 10 heavy (non-hydrogen) atoms. The van der Waals surface area contributed by atoms with E-state index in [2.05, 4.69) is 0 Å². The first kappa shape index (κ1) is 22.5. The summed E-state index contributed by atoms with van der Waals surface area (Å²) in [5, 5.41) is 18.6. The normalized spacial score (nSPS) is 6.00. The lowest BCUT2D eigenvalue weighted by Gasteiger charge is -1.89. The Morgan fingerprint density at radius 3 is 0.900 bits per heavy atom. The number of quaternary nitrogens is 2. The SMILES string of the molecule is CCC[O-].CCC[O-].[NH4+].[NH4+]. The molecule has 0 aromatic carbocycles. The topological polar surface area (TPSA) is 119 Å². The number of hydrogen-bond acceptors (Lipinski definition) is 2. The molecule has 0 aromatic rings. The lowest BCUT2D eigenvalue weighted by atomic mass is 10.5. The van der Waals surface area contributed by atoms with E-state index in [0.29, 0.717) is 0 Å². The summed E-state index contributed by atoms with van der Waals surface area (Å²) >= 11 is 0. The molecule has 0 radical (unpaired) electrons. The van der Waals surface area contributed by atoms with Crippen LogP contribution in [0.25, 0.3) is 0 Å². The van der Waals surface area contributed by atoms with E-state index >= 15 is 0 Å². The molecule has 0 unspecified atom stereocenters. The molecule has 0 heterocycles. The van der Waals surface area contributed by atoms with Crippen molar-refractivity contribution in [2.24, 2.45) is 0 Å². The Kier molecular flexibility index (Phi) is 83.1. The van der Waals surface area contributed by atoms with Crippen LogP contribution in [0.3, 0.4) is 0 Å². The average Bonchev–Trinajstić information content (AvgIpc) is 1.88. The molecule has 8 N–H and O–H groups in total. The van der Waals surface area contributed by atoms with Crippen LogP contribution in [-0.2, 0) is 0 Å². The van der Waals surface area contributed by atoms with Crippen molar-refractivity contribution in [1.82, 2.24) is 12.3 Å². The first-order valence-electron chi connectivity index (χ1n) is 2.99. The summed E-state index contributed by atoms with van der Waals surface area (Å²) in [6, 6.07) is 0. The Labute approximate surface area is 63.4 Å². The van der Waals surface area contributed by atoms with Gasteiger partial charge in [-0.15, -0.1) is 13.2 Å². The molecule has 4 nitrogen and oxygen atoms in total. The monoisotopic (exact) mass is 154 g/mol. The van der Waals surface area contributed by atoms with E-state index in [0.717, 1.165) is 12.8 Å². The Balaban J connectivity index is -0.0000000300. The van der Waals surface area contributed by atoms with Gasteiger partial charge in [0.2, 0.25) is 0 Å². The Morgan fingerprint density at radius 1 is 0.800 bits per heavy atom. The van der Waals surface area contributed by atoms with Crippen molar-refractivity contribution in [3.05, 3.63) is 0 Å². The zero-order valence-electron chi connectivity index (χ0n) is 7.64. The predicted octanol–water partition coefficient (Wildman–Crippen LogP) is 0.266. The van der Waals surface area contributed by atoms with E-state index in [1.54, 1.807) is 0 Å². The first-order valence-corrected chi connectivity index (χ1v) is 2.99. The van der Waals surface area contributed by atoms with E-state index in [9.17, 15) is 10.2 Å². The van der Waals surface area contributed by atoms with Gasteiger partial charge in [-0.3, -0.25) is 0 Å². The molecule has 0 spiro atoms. The van der Waals surface area contributed by atoms with Gasteiger partial charge >= 0.3 is 0 Å². The zero-order chi connectivity index (χ0) is 6.83. The third-order valence-electron chi connectivity index (χ3n) is 0.408. The third-order valence-corrected chi connectivity index (χ3v) is 0.408. The van der Waals surface area contributed by atoms with Gasteiger partial charge < -0.3 is 22.5 Å². The number of hydrogen-bond donors (Lipinski definition) is 2. The largest absolute Gasteiger partial charge is 0.854 e. The lowest BCUT2D eigenvalue weighted by molar-refractivity contribution is -0.367. The minimum absolute atomic E-state index is 0. The van der Waals surface area contributed by atoms with E-state index < -0.39 is 0 Å². The number of rotatable bonds is 2. The molecule has 4 heteroatoms. The molecule has 0 atom stereocenters. The molecule has 0 aliphatic carbocycles. The van der Waals surface area contributed by atoms with Crippen molar-refractivity contribution in [2.75, 3.05) is 13.2 Å². The van der Waals surface area contributed by atoms with Crippen LogP contribution in [-0.4, -0.2) is 13.2 Å². The van der Waals surface area contributed by atoms with Crippen molar-refractivity contribution in [3.63, 3.8) is 0 Å². The molecule has 0 rings (SSSR count). The molecule has 0 saturated carbocycles. The fourth-order valence-corrected chi connectivity index (χ4v) is 0. The van der Waals surface area contributed by atoms with Gasteiger partial charge in [0.15, 0.2) is 0 Å². The summed E-state index contributed by atoms with van der Waals surface area (Å²) in [5.74, 6) is 0. The van der Waals surface area contributed by atoms with E-state index in [1.165, 1.54) is 0 Å². The van der Waals surface area contributed by atoms with E-state index in [1.807, 2.05) is 13.8 Å². The second-order valence-corrected chi connectivity index (χ2v) is 1.41. The van der Waals surface area contributed by atoms with Gasteiger partial charge in [-0.1, -0.05) is 26.7 Å². The van der Waals surface area contributed by atoms with Crippen LogP contribution in [0.2, 0.25) is 0 Å². The minimum atomic E-state index is 0. The Bertz CT molecular complexity index is 21.7. The molecule has 0 amide bonds. The van der Waals surface area contributed by atoms with Crippen LogP contribution >= 0.6 is 0 Å². The van der Waals surface area contributed by atoms with Crippen LogP contribution in [0.1, 0.15) is 26.7 Å². The van der Waals surface area contributed by atoms with Crippen LogP contribution < -0.4 is 22.5 Å². The molecule has 0 saturated heterocycles.